The van der Waals surface area contributed by atoms with Gasteiger partial charge in [0.25, 0.3) is 0 Å². The van der Waals surface area contributed by atoms with Gasteiger partial charge in [-0.2, -0.15) is 5.26 Å². The number of ether oxygens (including phenoxy) is 1. The van der Waals surface area contributed by atoms with Gasteiger partial charge in [-0.3, -0.25) is 0 Å². The molecule has 4 aromatic carbocycles. The monoisotopic (exact) mass is 528 g/mol. The van der Waals surface area contributed by atoms with Crippen LogP contribution >= 0.6 is 0 Å². The highest BCUT2D eigenvalue weighted by molar-refractivity contribution is 5.98. The zero-order valence-electron chi connectivity index (χ0n) is 22.3. The molecule has 0 spiro atoms. The summed E-state index contributed by atoms with van der Waals surface area (Å²) in [4.78, 5) is 25.3. The maximum atomic E-state index is 13.1. The van der Waals surface area contributed by atoms with Crippen LogP contribution in [0.3, 0.4) is 0 Å². The van der Waals surface area contributed by atoms with Gasteiger partial charge in [-0.1, -0.05) is 60.2 Å². The number of hydrogen-bond acceptors (Lipinski definition) is 4. The van der Waals surface area contributed by atoms with Crippen molar-refractivity contribution in [2.75, 3.05) is 0 Å². The van der Waals surface area contributed by atoms with Crippen LogP contribution in [0.15, 0.2) is 91.1 Å². The highest BCUT2D eigenvalue weighted by Crippen LogP contribution is 2.33. The van der Waals surface area contributed by atoms with Crippen LogP contribution in [0.5, 0.6) is 0 Å². The Hall–Kier alpha value is -5.15. The molecule has 0 bridgehead atoms. The van der Waals surface area contributed by atoms with Crippen LogP contribution in [-0.2, 0) is 24.3 Å². The topological polar surface area (TPSA) is 92.3 Å². The standard InChI is InChI=1S/C34H28N2O4/c1-3-36-20-27(28-14-10-24(19-35)16-32(28)36)17-25-11-12-26(34(39)40-21-23-7-5-4-6-8-23)18-30(25)29-13-9-22(2)15-31(29)33(37)38/h4-16,18,20H,3,17,21H2,1-2H3,(H,37,38). The van der Waals surface area contributed by atoms with E-state index in [0.717, 1.165) is 39.7 Å². The lowest BCUT2D eigenvalue weighted by atomic mass is 9.90. The number of nitriles is 1. The van der Waals surface area contributed by atoms with Crippen molar-refractivity contribution in [3.05, 3.63) is 130 Å². The summed E-state index contributed by atoms with van der Waals surface area (Å²) in [5.41, 5.74) is 6.93. The number of esters is 1. The Bertz CT molecular complexity index is 1780. The van der Waals surface area contributed by atoms with Gasteiger partial charge in [0, 0.05) is 30.1 Å². The van der Waals surface area contributed by atoms with Crippen LogP contribution in [0.1, 0.15) is 55.5 Å². The molecule has 0 unspecified atom stereocenters. The molecule has 0 amide bonds. The minimum atomic E-state index is -1.03. The third-order valence-electron chi connectivity index (χ3n) is 7.07. The number of aromatic nitrogens is 1. The Balaban J connectivity index is 1.59. The second kappa shape index (κ2) is 11.3. The van der Waals surface area contributed by atoms with E-state index >= 15 is 0 Å². The van der Waals surface area contributed by atoms with E-state index in [9.17, 15) is 20.0 Å². The number of carboxylic acid groups (broad SMARTS) is 1. The summed E-state index contributed by atoms with van der Waals surface area (Å²) >= 11 is 0. The highest BCUT2D eigenvalue weighted by atomic mass is 16.5. The summed E-state index contributed by atoms with van der Waals surface area (Å²) in [5.74, 6) is -1.51. The molecular weight excluding hydrogens is 500 g/mol. The molecular formula is C34H28N2O4. The number of carboxylic acids is 1. The first-order chi connectivity index (χ1) is 19.4. The Morgan fingerprint density at radius 1 is 0.925 bits per heavy atom. The molecule has 0 atom stereocenters. The highest BCUT2D eigenvalue weighted by Gasteiger charge is 2.19. The van der Waals surface area contributed by atoms with Crippen molar-refractivity contribution in [2.45, 2.75) is 33.4 Å². The average Bonchev–Trinajstić information content (AvgIpc) is 3.33. The SMILES string of the molecule is CCn1cc(Cc2ccc(C(=O)OCc3ccccc3)cc2-c2ccc(C)cc2C(=O)O)c2ccc(C#N)cc21. The lowest BCUT2D eigenvalue weighted by Crippen LogP contribution is -2.07. The van der Waals surface area contributed by atoms with Crippen LogP contribution in [0.4, 0.5) is 0 Å². The fraction of sp³-hybridized carbons (Fsp3) is 0.147. The van der Waals surface area contributed by atoms with E-state index in [0.29, 0.717) is 28.7 Å². The van der Waals surface area contributed by atoms with Gasteiger partial charge < -0.3 is 14.4 Å². The molecule has 1 aromatic heterocycles. The Morgan fingerprint density at radius 2 is 1.73 bits per heavy atom. The van der Waals surface area contributed by atoms with Crippen molar-refractivity contribution in [3.8, 4) is 17.2 Å². The molecule has 6 nitrogen and oxygen atoms in total. The number of aromatic carboxylic acids is 1. The fourth-order valence-electron chi connectivity index (χ4n) is 5.03. The van der Waals surface area contributed by atoms with E-state index in [4.69, 9.17) is 4.74 Å². The number of fused-ring (bicyclic) bond motifs is 1. The van der Waals surface area contributed by atoms with Gasteiger partial charge in [0.05, 0.1) is 22.8 Å². The van der Waals surface area contributed by atoms with Crippen molar-refractivity contribution in [1.82, 2.24) is 4.57 Å². The van der Waals surface area contributed by atoms with E-state index in [-0.39, 0.29) is 12.2 Å². The van der Waals surface area contributed by atoms with Crippen LogP contribution in [-0.4, -0.2) is 21.6 Å². The van der Waals surface area contributed by atoms with Gasteiger partial charge in [-0.25, -0.2) is 9.59 Å². The molecule has 1 heterocycles. The molecule has 0 saturated heterocycles. The van der Waals surface area contributed by atoms with E-state index in [2.05, 4.69) is 23.8 Å². The largest absolute Gasteiger partial charge is 0.478 e. The second-order valence-electron chi connectivity index (χ2n) is 9.75. The third-order valence-corrected chi connectivity index (χ3v) is 7.07. The first-order valence-corrected chi connectivity index (χ1v) is 13.1. The Morgan fingerprint density at radius 3 is 2.45 bits per heavy atom. The second-order valence-corrected chi connectivity index (χ2v) is 9.75. The summed E-state index contributed by atoms with van der Waals surface area (Å²) in [6.07, 6.45) is 2.59. The number of aryl methyl sites for hydroxylation is 2. The van der Waals surface area contributed by atoms with Crippen LogP contribution in [0.25, 0.3) is 22.0 Å². The van der Waals surface area contributed by atoms with E-state index in [1.165, 1.54) is 0 Å². The number of rotatable bonds is 8. The molecule has 6 heteroatoms. The Labute approximate surface area is 232 Å². The van der Waals surface area contributed by atoms with Crippen molar-refractivity contribution in [2.24, 2.45) is 0 Å². The number of carbonyl (C=O) groups excluding carboxylic acids is 1. The van der Waals surface area contributed by atoms with Gasteiger partial charge in [-0.15, -0.1) is 0 Å². The lowest BCUT2D eigenvalue weighted by Gasteiger charge is -2.15. The van der Waals surface area contributed by atoms with Crippen LogP contribution in [0, 0.1) is 18.3 Å². The van der Waals surface area contributed by atoms with Gasteiger partial charge in [0.2, 0.25) is 0 Å². The zero-order valence-corrected chi connectivity index (χ0v) is 22.3. The Kier molecular flexibility index (Phi) is 7.48. The first kappa shape index (κ1) is 26.5. The number of benzene rings is 4. The molecule has 0 fully saturated rings. The summed E-state index contributed by atoms with van der Waals surface area (Å²) in [6.45, 7) is 4.78. The molecule has 0 aliphatic rings. The predicted molar refractivity (Wildman–Crippen MR) is 154 cm³/mol. The summed E-state index contributed by atoms with van der Waals surface area (Å²) in [5, 5.41) is 20.4. The summed E-state index contributed by atoms with van der Waals surface area (Å²) in [6, 6.07) is 28.0. The number of nitrogens with zero attached hydrogens (tertiary/aromatic N) is 2. The van der Waals surface area contributed by atoms with E-state index < -0.39 is 11.9 Å². The zero-order chi connectivity index (χ0) is 28.2. The van der Waals surface area contributed by atoms with Crippen molar-refractivity contribution < 1.29 is 19.4 Å². The first-order valence-electron chi connectivity index (χ1n) is 13.1. The van der Waals surface area contributed by atoms with Crippen LogP contribution < -0.4 is 0 Å². The molecule has 5 rings (SSSR count). The smallest absolute Gasteiger partial charge is 0.338 e. The van der Waals surface area contributed by atoms with Gasteiger partial charge in [-0.05, 0) is 72.0 Å². The normalized spacial score (nSPS) is 10.8. The molecule has 40 heavy (non-hydrogen) atoms. The fourth-order valence-corrected chi connectivity index (χ4v) is 5.03. The molecule has 0 saturated carbocycles. The predicted octanol–water partition coefficient (Wildman–Crippen LogP) is 7.15. The molecule has 0 radical (unpaired) electrons. The average molecular weight is 529 g/mol. The van der Waals surface area contributed by atoms with Gasteiger partial charge in [0.15, 0.2) is 0 Å². The summed E-state index contributed by atoms with van der Waals surface area (Å²) in [7, 11) is 0. The quantitative estimate of drug-likeness (QED) is 0.216. The lowest BCUT2D eigenvalue weighted by molar-refractivity contribution is 0.0472. The van der Waals surface area contributed by atoms with Gasteiger partial charge >= 0.3 is 11.9 Å². The minimum Gasteiger partial charge on any atom is -0.478 e. The van der Waals surface area contributed by atoms with E-state index in [1.54, 1.807) is 30.3 Å². The molecule has 198 valence electrons. The van der Waals surface area contributed by atoms with Crippen molar-refractivity contribution >= 4 is 22.8 Å². The maximum Gasteiger partial charge on any atom is 0.338 e. The molecule has 0 aliphatic carbocycles. The number of hydrogen-bond donors (Lipinski definition) is 1. The van der Waals surface area contributed by atoms with Crippen LogP contribution in [0.2, 0.25) is 0 Å². The van der Waals surface area contributed by atoms with Gasteiger partial charge in [0.1, 0.15) is 6.61 Å². The maximum absolute atomic E-state index is 13.1. The van der Waals surface area contributed by atoms with E-state index in [1.807, 2.05) is 61.5 Å². The minimum absolute atomic E-state index is 0.142. The summed E-state index contributed by atoms with van der Waals surface area (Å²) < 4.78 is 7.68. The van der Waals surface area contributed by atoms with Crippen molar-refractivity contribution in [3.63, 3.8) is 0 Å². The number of carbonyl (C=O) groups is 2. The van der Waals surface area contributed by atoms with Crippen molar-refractivity contribution in [1.29, 1.82) is 5.26 Å². The molecule has 0 aliphatic heterocycles. The third kappa shape index (κ3) is 5.36. The molecule has 5 aromatic rings. The molecule has 1 N–H and O–H groups in total.